The molecule has 3 atom stereocenters. The first-order chi connectivity index (χ1) is 20.4. The molecular weight excluding hydrogens is 535 g/mol. The largest absolute Gasteiger partial charge is 0.378 e. The van der Waals surface area contributed by atoms with Gasteiger partial charge in [-0.1, -0.05) is 67.4 Å². The fraction of sp³-hybridized carbons (Fsp3) is 0.364. The second-order valence-electron chi connectivity index (χ2n) is 10.9. The van der Waals surface area contributed by atoms with Gasteiger partial charge in [-0.25, -0.2) is 9.18 Å². The van der Waals surface area contributed by atoms with Crippen LogP contribution < -0.4 is 16.0 Å². The first kappa shape index (κ1) is 29.3. The number of carbonyl (C=O) groups is 3. The molecule has 3 N–H and O–H groups in total. The van der Waals surface area contributed by atoms with E-state index in [0.29, 0.717) is 44.1 Å². The molecule has 1 aliphatic heterocycles. The number of halogens is 1. The summed E-state index contributed by atoms with van der Waals surface area (Å²) >= 11 is 0. The third kappa shape index (κ3) is 6.97. The number of primary amides is 1. The Morgan fingerprint density at radius 1 is 0.929 bits per heavy atom. The average Bonchev–Trinajstić information content (AvgIpc) is 3.03. The van der Waals surface area contributed by atoms with Crippen molar-refractivity contribution in [2.45, 2.75) is 44.2 Å². The number of anilines is 1. The highest BCUT2D eigenvalue weighted by Gasteiger charge is 2.34. The van der Waals surface area contributed by atoms with Crippen LogP contribution in [0.25, 0.3) is 0 Å². The number of morpholine rings is 1. The van der Waals surface area contributed by atoms with E-state index in [2.05, 4.69) is 5.32 Å². The van der Waals surface area contributed by atoms with Crippen molar-refractivity contribution in [2.24, 2.45) is 11.7 Å². The number of urea groups is 1. The van der Waals surface area contributed by atoms with Crippen LogP contribution in [0.1, 0.15) is 54.3 Å². The zero-order chi connectivity index (χ0) is 29.5. The summed E-state index contributed by atoms with van der Waals surface area (Å²) in [6.45, 7) is 2.29. The van der Waals surface area contributed by atoms with Gasteiger partial charge in [0.15, 0.2) is 0 Å². The van der Waals surface area contributed by atoms with E-state index < -0.39 is 11.9 Å². The lowest BCUT2D eigenvalue weighted by molar-refractivity contribution is -0.131. The van der Waals surface area contributed by atoms with Crippen molar-refractivity contribution >= 4 is 23.5 Å². The maximum absolute atomic E-state index is 13.7. The lowest BCUT2D eigenvalue weighted by Crippen LogP contribution is -2.48. The molecule has 1 saturated heterocycles. The number of nitrogens with zero attached hydrogens (tertiary/aromatic N) is 2. The summed E-state index contributed by atoms with van der Waals surface area (Å²) in [5.74, 6) is -1.41. The highest BCUT2D eigenvalue weighted by Crippen LogP contribution is 2.38. The maximum atomic E-state index is 13.7. The van der Waals surface area contributed by atoms with Crippen molar-refractivity contribution < 1.29 is 23.5 Å². The molecule has 8 nitrogen and oxygen atoms in total. The molecule has 2 aliphatic rings. The molecule has 1 saturated carbocycles. The number of nitrogens with one attached hydrogen (secondary N) is 1. The fourth-order valence-electron chi connectivity index (χ4n) is 5.93. The van der Waals surface area contributed by atoms with Crippen molar-refractivity contribution in [2.75, 3.05) is 31.2 Å². The van der Waals surface area contributed by atoms with Crippen molar-refractivity contribution in [3.05, 3.63) is 101 Å². The molecule has 3 aromatic carbocycles. The number of nitrogens with two attached hydrogens (primary N) is 1. The number of amides is 4. The lowest BCUT2D eigenvalue weighted by atomic mass is 9.74. The summed E-state index contributed by atoms with van der Waals surface area (Å²) in [5, 5.41) is 2.91. The predicted molar refractivity (Wildman–Crippen MR) is 158 cm³/mol. The van der Waals surface area contributed by atoms with E-state index in [9.17, 15) is 18.8 Å². The van der Waals surface area contributed by atoms with E-state index in [1.165, 1.54) is 12.1 Å². The average molecular weight is 573 g/mol. The molecule has 220 valence electrons. The molecule has 1 heterocycles. The Morgan fingerprint density at radius 2 is 1.60 bits per heavy atom. The molecule has 0 radical (unpaired) electrons. The molecule has 5 rings (SSSR count). The molecule has 4 amide bonds. The summed E-state index contributed by atoms with van der Waals surface area (Å²) in [6, 6.07) is 22.0. The van der Waals surface area contributed by atoms with Crippen LogP contribution in [0.3, 0.4) is 0 Å². The summed E-state index contributed by atoms with van der Waals surface area (Å²) in [4.78, 5) is 42.6. The van der Waals surface area contributed by atoms with Crippen LogP contribution in [0, 0.1) is 11.7 Å². The number of rotatable bonds is 8. The van der Waals surface area contributed by atoms with Gasteiger partial charge in [0.25, 0.3) is 0 Å². The number of benzene rings is 3. The number of carbonyl (C=O) groups excluding carboxylic acids is 3. The molecule has 2 fully saturated rings. The van der Waals surface area contributed by atoms with Crippen LogP contribution in [0.15, 0.2) is 78.9 Å². The van der Waals surface area contributed by atoms with E-state index >= 15 is 0 Å². The van der Waals surface area contributed by atoms with Crippen LogP contribution in [-0.4, -0.2) is 49.0 Å². The van der Waals surface area contributed by atoms with Gasteiger partial charge in [0, 0.05) is 24.7 Å². The zero-order valence-corrected chi connectivity index (χ0v) is 23.6. The minimum absolute atomic E-state index is 0.000262. The smallest absolute Gasteiger partial charge is 0.324 e. The molecule has 0 bridgehead atoms. The van der Waals surface area contributed by atoms with E-state index in [1.54, 1.807) is 34.1 Å². The van der Waals surface area contributed by atoms with E-state index in [-0.39, 0.29) is 29.6 Å². The molecule has 1 aliphatic carbocycles. The minimum atomic E-state index is -0.884. The minimum Gasteiger partial charge on any atom is -0.378 e. The van der Waals surface area contributed by atoms with Crippen LogP contribution in [0.5, 0.6) is 0 Å². The molecule has 3 aromatic rings. The topological polar surface area (TPSA) is 105 Å². The Labute approximate surface area is 245 Å². The highest BCUT2D eigenvalue weighted by molar-refractivity contribution is 5.92. The van der Waals surface area contributed by atoms with Crippen molar-refractivity contribution in [3.8, 4) is 0 Å². The monoisotopic (exact) mass is 572 g/mol. The number of hydrogen-bond donors (Lipinski definition) is 2. The quantitative estimate of drug-likeness (QED) is 0.401. The van der Waals surface area contributed by atoms with Gasteiger partial charge in [0.1, 0.15) is 11.9 Å². The van der Waals surface area contributed by atoms with E-state index in [1.807, 2.05) is 42.5 Å². The molecule has 0 spiro atoms. The molecular formula is C33H37FN4O4. The molecule has 0 aromatic heterocycles. The Kier molecular flexibility index (Phi) is 9.48. The second kappa shape index (κ2) is 13.6. The van der Waals surface area contributed by atoms with Gasteiger partial charge < -0.3 is 20.7 Å². The lowest BCUT2D eigenvalue weighted by Gasteiger charge is -2.33. The Hall–Kier alpha value is -4.24. The maximum Gasteiger partial charge on any atom is 0.324 e. The Morgan fingerprint density at radius 3 is 2.26 bits per heavy atom. The van der Waals surface area contributed by atoms with Gasteiger partial charge in [-0.2, -0.15) is 0 Å². The second-order valence-corrected chi connectivity index (χ2v) is 10.9. The van der Waals surface area contributed by atoms with E-state index in [0.717, 1.165) is 36.8 Å². The molecule has 0 unspecified atom stereocenters. The number of ether oxygens (including phenoxy) is 1. The van der Waals surface area contributed by atoms with Gasteiger partial charge in [-0.3, -0.25) is 14.5 Å². The first-order valence-corrected chi connectivity index (χ1v) is 14.5. The summed E-state index contributed by atoms with van der Waals surface area (Å²) in [6.07, 6.45) is 3.54. The fourth-order valence-corrected chi connectivity index (χ4v) is 5.93. The Balaban J connectivity index is 1.32. The standard InChI is InChI=1S/C33H37FN4O4/c34-26-14-16-27(17-15-26)38(33(41)37-18-20-42-21-19-37)22-23-10-12-24(13-11-23)28-8-4-5-9-29(28)32(40)36-30(31(35)39)25-6-2-1-3-7-25/h1-3,6-7,10-17,28-30H,4-5,8-9,18-22H2,(H2,35,39)(H,36,40)/t28-,29+,30-/m0/s1. The molecule has 42 heavy (non-hydrogen) atoms. The van der Waals surface area contributed by atoms with Gasteiger partial charge in [0.05, 0.1) is 19.8 Å². The summed E-state index contributed by atoms with van der Waals surface area (Å²) in [5.41, 5.74) is 8.89. The van der Waals surface area contributed by atoms with Crippen molar-refractivity contribution in [1.29, 1.82) is 0 Å². The SMILES string of the molecule is NC(=O)[C@@H](NC(=O)[C@@H]1CCCC[C@H]1c1ccc(CN(C(=O)N2CCOCC2)c2ccc(F)cc2)cc1)c1ccccc1. The summed E-state index contributed by atoms with van der Waals surface area (Å²) in [7, 11) is 0. The van der Waals surface area contributed by atoms with Crippen LogP contribution >= 0.6 is 0 Å². The predicted octanol–water partition coefficient (Wildman–Crippen LogP) is 4.90. The van der Waals surface area contributed by atoms with Crippen LogP contribution in [0.4, 0.5) is 14.9 Å². The molecule has 9 heteroatoms. The first-order valence-electron chi connectivity index (χ1n) is 14.5. The van der Waals surface area contributed by atoms with Gasteiger partial charge in [-0.05, 0) is 59.7 Å². The normalized spacial score (nSPS) is 19.5. The van der Waals surface area contributed by atoms with E-state index in [4.69, 9.17) is 10.5 Å². The third-order valence-corrected chi connectivity index (χ3v) is 8.21. The summed E-state index contributed by atoms with van der Waals surface area (Å²) < 4.78 is 19.1. The number of hydrogen-bond acceptors (Lipinski definition) is 4. The van der Waals surface area contributed by atoms with Crippen LogP contribution in [0.2, 0.25) is 0 Å². The van der Waals surface area contributed by atoms with Gasteiger partial charge >= 0.3 is 6.03 Å². The van der Waals surface area contributed by atoms with Gasteiger partial charge in [0.2, 0.25) is 11.8 Å². The third-order valence-electron chi connectivity index (χ3n) is 8.21. The Bertz CT molecular complexity index is 1360. The highest BCUT2D eigenvalue weighted by atomic mass is 19.1. The van der Waals surface area contributed by atoms with Crippen molar-refractivity contribution in [3.63, 3.8) is 0 Å². The van der Waals surface area contributed by atoms with Crippen LogP contribution in [-0.2, 0) is 20.9 Å². The van der Waals surface area contributed by atoms with Crippen molar-refractivity contribution in [1.82, 2.24) is 10.2 Å². The van der Waals surface area contributed by atoms with Gasteiger partial charge in [-0.15, -0.1) is 0 Å². The zero-order valence-electron chi connectivity index (χ0n) is 23.6.